The first kappa shape index (κ1) is 19.0. The first-order valence-corrected chi connectivity index (χ1v) is 9.05. The van der Waals surface area contributed by atoms with E-state index in [1.54, 1.807) is 36.1 Å². The second-order valence-electron chi connectivity index (χ2n) is 6.84. The largest absolute Gasteiger partial charge is 0.408 e. The van der Waals surface area contributed by atoms with Crippen LogP contribution < -0.4 is 10.9 Å². The summed E-state index contributed by atoms with van der Waals surface area (Å²) in [6.07, 6.45) is 0.359. The molecule has 2 N–H and O–H groups in total. The van der Waals surface area contributed by atoms with Crippen LogP contribution in [0.5, 0.6) is 0 Å². The van der Waals surface area contributed by atoms with E-state index in [1.807, 2.05) is 12.3 Å². The van der Waals surface area contributed by atoms with E-state index in [1.165, 1.54) is 13.1 Å². The number of alkyl halides is 3. The number of nitrogens with zero attached hydrogens (tertiary/aromatic N) is 3. The Labute approximate surface area is 163 Å². The highest BCUT2D eigenvalue weighted by atomic mass is 19.4. The number of anilines is 1. The van der Waals surface area contributed by atoms with Crippen molar-refractivity contribution in [3.8, 4) is 11.1 Å². The SMILES string of the molecule is CC[C@H](Nc1nc2ccc(-c3cnn(C)c3)cc2c2c(=O)[nH]ccc12)C(F)(F)F. The first-order valence-electron chi connectivity index (χ1n) is 9.05. The number of pyridine rings is 2. The van der Waals surface area contributed by atoms with Gasteiger partial charge >= 0.3 is 6.18 Å². The predicted octanol–water partition coefficient (Wildman–Crippen LogP) is 4.23. The molecule has 0 aliphatic carbocycles. The molecule has 0 bridgehead atoms. The van der Waals surface area contributed by atoms with Gasteiger partial charge in [0, 0.05) is 35.8 Å². The maximum atomic E-state index is 13.3. The Morgan fingerprint density at radius 1 is 1.21 bits per heavy atom. The molecule has 0 fully saturated rings. The van der Waals surface area contributed by atoms with Crippen LogP contribution >= 0.6 is 0 Å². The second-order valence-corrected chi connectivity index (χ2v) is 6.84. The molecule has 0 unspecified atom stereocenters. The van der Waals surface area contributed by atoms with Gasteiger partial charge in [-0.1, -0.05) is 13.0 Å². The van der Waals surface area contributed by atoms with Gasteiger partial charge < -0.3 is 10.3 Å². The summed E-state index contributed by atoms with van der Waals surface area (Å²) in [6, 6.07) is 5.11. The number of hydrogen-bond acceptors (Lipinski definition) is 4. The lowest BCUT2D eigenvalue weighted by atomic mass is 10.0. The van der Waals surface area contributed by atoms with E-state index < -0.39 is 12.2 Å². The van der Waals surface area contributed by atoms with Gasteiger partial charge in [0.25, 0.3) is 5.56 Å². The summed E-state index contributed by atoms with van der Waals surface area (Å²) in [5, 5.41) is 7.83. The van der Waals surface area contributed by atoms with Gasteiger partial charge in [-0.25, -0.2) is 4.98 Å². The Bertz CT molecular complexity index is 1260. The summed E-state index contributed by atoms with van der Waals surface area (Å²) in [6.45, 7) is 1.45. The van der Waals surface area contributed by atoms with Gasteiger partial charge in [0.1, 0.15) is 11.9 Å². The van der Waals surface area contributed by atoms with Gasteiger partial charge in [-0.2, -0.15) is 18.3 Å². The monoisotopic (exact) mass is 401 g/mol. The highest BCUT2D eigenvalue weighted by molar-refractivity contribution is 6.10. The molecule has 29 heavy (non-hydrogen) atoms. The van der Waals surface area contributed by atoms with Crippen molar-refractivity contribution < 1.29 is 13.2 Å². The molecule has 0 amide bonds. The van der Waals surface area contributed by atoms with E-state index in [2.05, 4.69) is 20.4 Å². The van der Waals surface area contributed by atoms with Crippen molar-refractivity contribution in [1.82, 2.24) is 19.7 Å². The molecule has 3 aromatic heterocycles. The van der Waals surface area contributed by atoms with E-state index in [-0.39, 0.29) is 17.8 Å². The summed E-state index contributed by atoms with van der Waals surface area (Å²) in [4.78, 5) is 19.6. The number of H-pyrrole nitrogens is 1. The zero-order valence-corrected chi connectivity index (χ0v) is 15.7. The van der Waals surface area contributed by atoms with Crippen LogP contribution in [0, 0.1) is 0 Å². The van der Waals surface area contributed by atoms with Crippen LogP contribution in [-0.2, 0) is 7.05 Å². The van der Waals surface area contributed by atoms with Crippen molar-refractivity contribution in [2.75, 3.05) is 5.32 Å². The number of aromatic amines is 1. The molecule has 9 heteroatoms. The molecule has 1 aromatic carbocycles. The zero-order valence-electron chi connectivity index (χ0n) is 15.7. The molecular weight excluding hydrogens is 383 g/mol. The Hall–Kier alpha value is -3.36. The van der Waals surface area contributed by atoms with Crippen LogP contribution in [0.25, 0.3) is 32.8 Å². The molecule has 3 heterocycles. The van der Waals surface area contributed by atoms with Crippen LogP contribution in [0.15, 0.2) is 47.7 Å². The number of hydrogen-bond donors (Lipinski definition) is 2. The molecule has 1 atom stereocenters. The van der Waals surface area contributed by atoms with Gasteiger partial charge in [0.15, 0.2) is 0 Å². The fraction of sp³-hybridized carbons (Fsp3) is 0.250. The molecule has 0 saturated carbocycles. The smallest absolute Gasteiger partial charge is 0.358 e. The minimum absolute atomic E-state index is 0.0388. The standard InChI is InChI=1S/C20H18F3N5O/c1-3-16(20(21,22)23)27-18-13-6-7-24-19(29)17(13)14-8-11(4-5-15(14)26-18)12-9-25-28(2)10-12/h4-10,16H,3H2,1-2H3,(H,24,29)(H,26,27)/t16-/m0/s1. The molecule has 4 aromatic rings. The number of nitrogens with one attached hydrogen (secondary N) is 2. The Morgan fingerprint density at radius 3 is 2.66 bits per heavy atom. The Balaban J connectivity index is 1.95. The average molecular weight is 401 g/mol. The van der Waals surface area contributed by atoms with E-state index in [4.69, 9.17) is 0 Å². The molecule has 150 valence electrons. The number of benzene rings is 1. The topological polar surface area (TPSA) is 75.6 Å². The third kappa shape index (κ3) is 3.43. The zero-order chi connectivity index (χ0) is 20.8. The summed E-state index contributed by atoms with van der Waals surface area (Å²) < 4.78 is 41.5. The number of halogens is 3. The summed E-state index contributed by atoms with van der Waals surface area (Å²) in [5.41, 5.74) is 1.74. The molecule has 0 aliphatic rings. The summed E-state index contributed by atoms with van der Waals surface area (Å²) in [5.74, 6) is 0.0388. The highest BCUT2D eigenvalue weighted by Crippen LogP contribution is 2.33. The maximum Gasteiger partial charge on any atom is 0.408 e. The van der Waals surface area contributed by atoms with Crippen LogP contribution in [-0.4, -0.2) is 32.0 Å². The third-order valence-electron chi connectivity index (χ3n) is 4.87. The first-order chi connectivity index (χ1) is 13.8. The van der Waals surface area contributed by atoms with Gasteiger partial charge in [-0.15, -0.1) is 0 Å². The van der Waals surface area contributed by atoms with Crippen molar-refractivity contribution in [2.24, 2.45) is 7.05 Å². The lowest BCUT2D eigenvalue weighted by Crippen LogP contribution is -2.36. The summed E-state index contributed by atoms with van der Waals surface area (Å²) >= 11 is 0. The van der Waals surface area contributed by atoms with Crippen molar-refractivity contribution >= 4 is 27.5 Å². The number of aromatic nitrogens is 4. The maximum absolute atomic E-state index is 13.3. The molecule has 0 aliphatic heterocycles. The number of fused-ring (bicyclic) bond motifs is 3. The van der Waals surface area contributed by atoms with Crippen LogP contribution in [0.2, 0.25) is 0 Å². The van der Waals surface area contributed by atoms with Gasteiger partial charge in [-0.3, -0.25) is 9.48 Å². The fourth-order valence-electron chi connectivity index (χ4n) is 3.40. The van der Waals surface area contributed by atoms with Crippen molar-refractivity contribution in [3.63, 3.8) is 0 Å². The lowest BCUT2D eigenvalue weighted by molar-refractivity contribution is -0.142. The van der Waals surface area contributed by atoms with Gasteiger partial charge in [0.05, 0.1) is 17.1 Å². The van der Waals surface area contributed by atoms with E-state index >= 15 is 0 Å². The van der Waals surface area contributed by atoms with Gasteiger partial charge in [0.2, 0.25) is 0 Å². The van der Waals surface area contributed by atoms with Crippen LogP contribution in [0.3, 0.4) is 0 Å². The molecule has 0 radical (unpaired) electrons. The lowest BCUT2D eigenvalue weighted by Gasteiger charge is -2.22. The number of aryl methyl sites for hydroxylation is 1. The highest BCUT2D eigenvalue weighted by Gasteiger charge is 2.38. The molecule has 4 rings (SSSR count). The molecule has 0 saturated heterocycles. The van der Waals surface area contributed by atoms with E-state index in [0.29, 0.717) is 21.7 Å². The number of rotatable bonds is 4. The van der Waals surface area contributed by atoms with Crippen LogP contribution in [0.4, 0.5) is 19.0 Å². The molecule has 0 spiro atoms. The van der Waals surface area contributed by atoms with E-state index in [9.17, 15) is 18.0 Å². The minimum Gasteiger partial charge on any atom is -0.358 e. The quantitative estimate of drug-likeness (QED) is 0.502. The van der Waals surface area contributed by atoms with Gasteiger partial charge in [-0.05, 0) is 30.2 Å². The molecule has 6 nitrogen and oxygen atoms in total. The van der Waals surface area contributed by atoms with Crippen molar-refractivity contribution in [1.29, 1.82) is 0 Å². The summed E-state index contributed by atoms with van der Waals surface area (Å²) in [7, 11) is 1.80. The predicted molar refractivity (Wildman–Crippen MR) is 106 cm³/mol. The Kier molecular flexibility index (Phi) is 4.52. The van der Waals surface area contributed by atoms with Crippen molar-refractivity contribution in [2.45, 2.75) is 25.6 Å². The van der Waals surface area contributed by atoms with E-state index in [0.717, 1.165) is 11.1 Å². The second kappa shape index (κ2) is 6.91. The molecular formula is C20H18F3N5O. The van der Waals surface area contributed by atoms with Crippen LogP contribution in [0.1, 0.15) is 13.3 Å². The van der Waals surface area contributed by atoms with Crippen molar-refractivity contribution in [3.05, 3.63) is 53.2 Å². The third-order valence-corrected chi connectivity index (χ3v) is 4.87. The Morgan fingerprint density at radius 2 is 2.00 bits per heavy atom. The fourth-order valence-corrected chi connectivity index (χ4v) is 3.40. The average Bonchev–Trinajstić information content (AvgIpc) is 3.11. The minimum atomic E-state index is -4.43. The normalized spacial score (nSPS) is 13.1.